The van der Waals surface area contributed by atoms with Crippen molar-refractivity contribution in [2.45, 2.75) is 52.3 Å². The van der Waals surface area contributed by atoms with E-state index in [1.54, 1.807) is 24.3 Å². The van der Waals surface area contributed by atoms with Gasteiger partial charge in [0.15, 0.2) is 5.75 Å². The number of carbonyl (C=O) groups is 3. The van der Waals surface area contributed by atoms with Crippen LogP contribution in [0.4, 0.5) is 0 Å². The van der Waals surface area contributed by atoms with Gasteiger partial charge in [-0.25, -0.2) is 0 Å². The van der Waals surface area contributed by atoms with Crippen LogP contribution < -0.4 is 15.6 Å². The number of aliphatic hydroxyl groups is 1. The number of para-hydroxylation sites is 1. The van der Waals surface area contributed by atoms with E-state index in [0.29, 0.717) is 5.75 Å². The van der Waals surface area contributed by atoms with Crippen molar-refractivity contribution in [3.05, 3.63) is 30.3 Å². The molecule has 1 fully saturated rings. The molecular weight excluding hydrogens is 350 g/mol. The van der Waals surface area contributed by atoms with Crippen molar-refractivity contribution in [1.82, 2.24) is 15.7 Å². The number of hydrogen-bond donors (Lipinski definition) is 3. The summed E-state index contributed by atoms with van der Waals surface area (Å²) in [6.45, 7) is 6.83. The van der Waals surface area contributed by atoms with Gasteiger partial charge < -0.3 is 20.2 Å². The van der Waals surface area contributed by atoms with Gasteiger partial charge >= 0.3 is 0 Å². The Labute approximate surface area is 158 Å². The van der Waals surface area contributed by atoms with Gasteiger partial charge in [-0.3, -0.25) is 14.4 Å². The van der Waals surface area contributed by atoms with Crippen LogP contribution in [0.5, 0.6) is 5.75 Å². The molecule has 3 atom stereocenters. The molecule has 1 heterocycles. The lowest BCUT2D eigenvalue weighted by molar-refractivity contribution is -0.145. The van der Waals surface area contributed by atoms with Crippen molar-refractivity contribution >= 4 is 17.7 Å². The Kier molecular flexibility index (Phi) is 6.43. The van der Waals surface area contributed by atoms with E-state index in [4.69, 9.17) is 4.84 Å². The Morgan fingerprint density at radius 2 is 1.85 bits per heavy atom. The molecule has 0 aromatic heterocycles. The number of carbonyl (C=O) groups excluding carboxylic acids is 3. The first-order valence-electron chi connectivity index (χ1n) is 8.87. The highest BCUT2D eigenvalue weighted by molar-refractivity contribution is 5.92. The fraction of sp³-hybridized carbons (Fsp3) is 0.526. The summed E-state index contributed by atoms with van der Waals surface area (Å²) in [7, 11) is 0. The van der Waals surface area contributed by atoms with E-state index in [1.165, 1.54) is 11.8 Å². The Morgan fingerprint density at radius 3 is 2.41 bits per heavy atom. The Bertz CT molecular complexity index is 686. The number of likely N-dealkylation sites (tertiary alicyclic amines) is 1. The maximum absolute atomic E-state index is 13.0. The van der Waals surface area contributed by atoms with Crippen LogP contribution in [0.15, 0.2) is 30.3 Å². The first-order valence-corrected chi connectivity index (χ1v) is 8.87. The number of hydroxylamine groups is 1. The van der Waals surface area contributed by atoms with E-state index in [0.717, 1.165) is 0 Å². The minimum Gasteiger partial charge on any atom is -0.391 e. The molecule has 8 heteroatoms. The fourth-order valence-electron chi connectivity index (χ4n) is 2.99. The van der Waals surface area contributed by atoms with Gasteiger partial charge in [-0.05, 0) is 17.5 Å². The predicted octanol–water partition coefficient (Wildman–Crippen LogP) is 0.609. The minimum absolute atomic E-state index is 0.0222. The van der Waals surface area contributed by atoms with Gasteiger partial charge in [-0.1, -0.05) is 39.0 Å². The van der Waals surface area contributed by atoms with Crippen LogP contribution in [0, 0.1) is 5.41 Å². The number of nitrogens with zero attached hydrogens (tertiary/aromatic N) is 1. The number of hydrogen-bond acceptors (Lipinski definition) is 5. The molecule has 3 N–H and O–H groups in total. The topological polar surface area (TPSA) is 108 Å². The number of nitrogens with one attached hydrogen (secondary N) is 2. The Morgan fingerprint density at radius 1 is 1.22 bits per heavy atom. The molecule has 8 nitrogen and oxygen atoms in total. The van der Waals surface area contributed by atoms with Crippen LogP contribution in [0.25, 0.3) is 0 Å². The molecule has 1 saturated heterocycles. The third kappa shape index (κ3) is 5.43. The van der Waals surface area contributed by atoms with Crippen LogP contribution in [0.1, 0.15) is 34.1 Å². The maximum atomic E-state index is 13.0. The van der Waals surface area contributed by atoms with Gasteiger partial charge in [0, 0.05) is 19.9 Å². The van der Waals surface area contributed by atoms with E-state index in [9.17, 15) is 19.5 Å². The van der Waals surface area contributed by atoms with Crippen LogP contribution in [-0.4, -0.2) is 52.5 Å². The smallest absolute Gasteiger partial charge is 0.275 e. The molecule has 0 bridgehead atoms. The quantitative estimate of drug-likeness (QED) is 0.652. The second-order valence-corrected chi connectivity index (χ2v) is 7.78. The van der Waals surface area contributed by atoms with E-state index in [-0.39, 0.29) is 18.9 Å². The maximum Gasteiger partial charge on any atom is 0.275 e. The number of amides is 3. The van der Waals surface area contributed by atoms with Crippen molar-refractivity contribution < 1.29 is 24.3 Å². The molecular formula is C19H27N3O5. The van der Waals surface area contributed by atoms with Crippen LogP contribution in [0.3, 0.4) is 0 Å². The van der Waals surface area contributed by atoms with Crippen molar-refractivity contribution in [1.29, 1.82) is 0 Å². The third-order valence-corrected chi connectivity index (χ3v) is 4.34. The van der Waals surface area contributed by atoms with Gasteiger partial charge in [0.1, 0.15) is 12.1 Å². The lowest BCUT2D eigenvalue weighted by Crippen LogP contribution is -2.57. The summed E-state index contributed by atoms with van der Waals surface area (Å²) < 4.78 is 0. The molecule has 1 aliphatic heterocycles. The molecule has 2 rings (SSSR count). The number of rotatable bonds is 5. The van der Waals surface area contributed by atoms with Crippen LogP contribution in [-0.2, 0) is 14.4 Å². The lowest BCUT2D eigenvalue weighted by Gasteiger charge is -2.35. The van der Waals surface area contributed by atoms with Gasteiger partial charge in [0.05, 0.1) is 6.10 Å². The highest BCUT2D eigenvalue weighted by Crippen LogP contribution is 2.26. The monoisotopic (exact) mass is 377 g/mol. The average Bonchev–Trinajstić information content (AvgIpc) is 2.99. The van der Waals surface area contributed by atoms with E-state index < -0.39 is 35.4 Å². The second kappa shape index (κ2) is 8.39. The Hall–Kier alpha value is -2.61. The van der Waals surface area contributed by atoms with E-state index in [1.807, 2.05) is 26.8 Å². The van der Waals surface area contributed by atoms with Gasteiger partial charge in [0.25, 0.3) is 5.91 Å². The SMILES string of the molecule is CC(=O)NC(C(=O)N1CC(O)CC1C(=O)NOc1ccccc1)C(C)(C)C. The molecule has 3 unspecified atom stereocenters. The first-order chi connectivity index (χ1) is 12.6. The van der Waals surface area contributed by atoms with E-state index in [2.05, 4.69) is 10.8 Å². The fourth-order valence-corrected chi connectivity index (χ4v) is 2.99. The second-order valence-electron chi connectivity index (χ2n) is 7.78. The van der Waals surface area contributed by atoms with E-state index >= 15 is 0 Å². The van der Waals surface area contributed by atoms with Crippen molar-refractivity contribution in [2.75, 3.05) is 6.54 Å². The minimum atomic E-state index is -0.880. The summed E-state index contributed by atoms with van der Waals surface area (Å²) in [5.41, 5.74) is 1.78. The molecule has 1 aliphatic rings. The molecule has 0 radical (unpaired) electrons. The van der Waals surface area contributed by atoms with Crippen molar-refractivity contribution in [3.8, 4) is 5.75 Å². The van der Waals surface area contributed by atoms with Crippen molar-refractivity contribution in [3.63, 3.8) is 0 Å². The summed E-state index contributed by atoms with van der Waals surface area (Å²) in [5.74, 6) is -0.821. The number of β-amino-alcohol motifs (C(OH)–C–C–N with tert-alkyl or cyclic N) is 1. The molecule has 148 valence electrons. The number of aliphatic hydroxyl groups excluding tert-OH is 1. The zero-order chi connectivity index (χ0) is 20.2. The molecule has 1 aromatic rings. The molecule has 0 spiro atoms. The lowest BCUT2D eigenvalue weighted by atomic mass is 9.85. The molecule has 0 aliphatic carbocycles. The van der Waals surface area contributed by atoms with Gasteiger partial charge in [0.2, 0.25) is 11.8 Å². The highest BCUT2D eigenvalue weighted by atomic mass is 16.7. The Balaban J connectivity index is 2.12. The number of benzene rings is 1. The predicted molar refractivity (Wildman–Crippen MR) is 98.4 cm³/mol. The highest BCUT2D eigenvalue weighted by Gasteiger charge is 2.44. The normalized spacial score (nSPS) is 20.7. The zero-order valence-corrected chi connectivity index (χ0v) is 16.1. The summed E-state index contributed by atoms with van der Waals surface area (Å²) in [6, 6.07) is 7.01. The summed E-state index contributed by atoms with van der Waals surface area (Å²) >= 11 is 0. The van der Waals surface area contributed by atoms with Crippen LogP contribution in [0.2, 0.25) is 0 Å². The van der Waals surface area contributed by atoms with Crippen LogP contribution >= 0.6 is 0 Å². The van der Waals surface area contributed by atoms with Crippen molar-refractivity contribution in [2.24, 2.45) is 5.41 Å². The first kappa shape index (κ1) is 20.7. The summed E-state index contributed by atoms with van der Waals surface area (Å²) in [4.78, 5) is 43.7. The molecule has 0 saturated carbocycles. The summed E-state index contributed by atoms with van der Waals surface area (Å²) in [6.07, 6.45) is -0.716. The van der Waals surface area contributed by atoms with Gasteiger partial charge in [-0.15, -0.1) is 0 Å². The average molecular weight is 377 g/mol. The summed E-state index contributed by atoms with van der Waals surface area (Å²) in [5, 5.41) is 12.7. The largest absolute Gasteiger partial charge is 0.391 e. The third-order valence-electron chi connectivity index (χ3n) is 4.34. The molecule has 1 aromatic carbocycles. The molecule has 3 amide bonds. The zero-order valence-electron chi connectivity index (χ0n) is 16.1. The van der Waals surface area contributed by atoms with Gasteiger partial charge in [-0.2, -0.15) is 5.48 Å². The standard InChI is InChI=1S/C19H27N3O5/c1-12(23)20-16(19(2,3)4)18(26)22-11-13(24)10-15(22)17(25)21-27-14-8-6-5-7-9-14/h5-9,13,15-16,24H,10-11H2,1-4H3,(H,20,23)(H,21,25). The molecule has 27 heavy (non-hydrogen) atoms.